The van der Waals surface area contributed by atoms with E-state index < -0.39 is 24.3 Å². The fourth-order valence-electron chi connectivity index (χ4n) is 2.98. The van der Waals surface area contributed by atoms with Crippen molar-refractivity contribution in [1.29, 1.82) is 0 Å². The minimum absolute atomic E-state index is 0.185. The van der Waals surface area contributed by atoms with Gasteiger partial charge in [0, 0.05) is 12.7 Å². The van der Waals surface area contributed by atoms with E-state index in [2.05, 4.69) is 10.4 Å². The highest BCUT2D eigenvalue weighted by Gasteiger charge is 2.26. The van der Waals surface area contributed by atoms with Crippen LogP contribution >= 0.6 is 0 Å². The number of ketones is 1. The number of aryl methyl sites for hydroxylation is 3. The fraction of sp³-hybridized carbons (Fsp3) is 0.217. The van der Waals surface area contributed by atoms with E-state index in [1.165, 1.54) is 4.68 Å². The van der Waals surface area contributed by atoms with Gasteiger partial charge >= 0.3 is 5.97 Å². The second-order valence-electron chi connectivity index (χ2n) is 7.03. The van der Waals surface area contributed by atoms with Crippen LogP contribution in [0.25, 0.3) is 0 Å². The van der Waals surface area contributed by atoms with Crippen LogP contribution in [0.4, 0.5) is 5.69 Å². The maximum absolute atomic E-state index is 12.4. The molecule has 0 fully saturated rings. The number of carbonyl (C=O) groups is 3. The first-order valence-electron chi connectivity index (χ1n) is 9.61. The smallest absolute Gasteiger partial charge is 0.380 e. The highest BCUT2D eigenvalue weighted by molar-refractivity contribution is 6.41. The number of esters is 1. The zero-order valence-corrected chi connectivity index (χ0v) is 17.8. The van der Waals surface area contributed by atoms with Crippen molar-refractivity contribution in [2.45, 2.75) is 20.8 Å². The van der Waals surface area contributed by atoms with Crippen LogP contribution in [-0.2, 0) is 21.4 Å². The fourth-order valence-corrected chi connectivity index (χ4v) is 2.98. The topological polar surface area (TPSA) is 99.5 Å². The van der Waals surface area contributed by atoms with Gasteiger partial charge in [-0.2, -0.15) is 5.10 Å². The predicted octanol–water partition coefficient (Wildman–Crippen LogP) is 3.50. The van der Waals surface area contributed by atoms with E-state index in [1.807, 2.05) is 31.2 Å². The van der Waals surface area contributed by atoms with Crippen molar-refractivity contribution in [3.8, 4) is 11.5 Å². The number of nitrogens with zero attached hydrogens (tertiary/aromatic N) is 2. The highest BCUT2D eigenvalue weighted by atomic mass is 16.5. The van der Waals surface area contributed by atoms with E-state index >= 15 is 0 Å². The van der Waals surface area contributed by atoms with E-state index in [-0.39, 0.29) is 5.56 Å². The lowest BCUT2D eigenvalue weighted by Gasteiger charge is -2.12. The molecule has 0 atom stereocenters. The average Bonchev–Trinajstić information content (AvgIpc) is 3.00. The van der Waals surface area contributed by atoms with Crippen LogP contribution in [0, 0.1) is 20.8 Å². The molecule has 0 saturated heterocycles. The molecule has 3 rings (SSSR count). The summed E-state index contributed by atoms with van der Waals surface area (Å²) < 4.78 is 12.2. The summed E-state index contributed by atoms with van der Waals surface area (Å²) in [6, 6.07) is 14.4. The van der Waals surface area contributed by atoms with Crippen molar-refractivity contribution in [2.75, 3.05) is 11.9 Å². The normalized spacial score (nSPS) is 10.5. The minimum atomic E-state index is -1.11. The number of hydrogen-bond acceptors (Lipinski definition) is 6. The number of Topliss-reactive ketones (excluding diaryl/α,β-unsaturated/α-hetero) is 1. The molecule has 0 aliphatic rings. The quantitative estimate of drug-likeness (QED) is 0.356. The Hall–Kier alpha value is -3.94. The summed E-state index contributed by atoms with van der Waals surface area (Å²) >= 11 is 0. The van der Waals surface area contributed by atoms with Crippen LogP contribution in [0.15, 0.2) is 48.5 Å². The Morgan fingerprint density at radius 2 is 1.68 bits per heavy atom. The number of nitrogens with one attached hydrogen (secondary N) is 1. The first-order valence-corrected chi connectivity index (χ1v) is 9.61. The van der Waals surface area contributed by atoms with Crippen molar-refractivity contribution in [1.82, 2.24) is 9.78 Å². The third-order valence-electron chi connectivity index (χ3n) is 4.67. The SMILES string of the molecule is Cc1ccc(Oc2ccccc2NC(=O)COC(=O)C(=O)c2c(C)nn(C)c2C)cc1. The molecule has 0 unspecified atom stereocenters. The number of ether oxygens (including phenoxy) is 2. The summed E-state index contributed by atoms with van der Waals surface area (Å²) in [4.78, 5) is 36.8. The summed E-state index contributed by atoms with van der Waals surface area (Å²) in [5.41, 5.74) is 2.67. The number of rotatable bonds is 7. The average molecular weight is 421 g/mol. The van der Waals surface area contributed by atoms with Crippen molar-refractivity contribution >= 4 is 23.3 Å². The van der Waals surface area contributed by atoms with E-state index in [4.69, 9.17) is 9.47 Å². The monoisotopic (exact) mass is 421 g/mol. The molecule has 1 N–H and O–H groups in total. The summed E-state index contributed by atoms with van der Waals surface area (Å²) in [7, 11) is 1.67. The Balaban J connectivity index is 1.61. The van der Waals surface area contributed by atoms with Gasteiger partial charge in [0.25, 0.3) is 11.7 Å². The van der Waals surface area contributed by atoms with Crippen molar-refractivity contribution in [3.05, 3.63) is 71.0 Å². The van der Waals surface area contributed by atoms with Crippen LogP contribution in [0.2, 0.25) is 0 Å². The first kappa shape index (κ1) is 21.8. The van der Waals surface area contributed by atoms with Gasteiger partial charge in [0.15, 0.2) is 12.4 Å². The maximum atomic E-state index is 12.4. The molecular formula is C23H23N3O5. The molecule has 31 heavy (non-hydrogen) atoms. The molecule has 1 amide bonds. The second kappa shape index (κ2) is 9.25. The Morgan fingerprint density at radius 1 is 1.00 bits per heavy atom. The molecule has 0 spiro atoms. The van der Waals surface area contributed by atoms with Gasteiger partial charge in [-0.15, -0.1) is 0 Å². The standard InChI is InChI=1S/C23H23N3O5/c1-14-9-11-17(12-10-14)31-19-8-6-5-7-18(19)24-20(27)13-30-23(29)22(28)21-15(2)25-26(4)16(21)3/h5-12H,13H2,1-4H3,(H,24,27). The molecule has 2 aromatic carbocycles. The van der Waals surface area contributed by atoms with E-state index in [1.54, 1.807) is 45.2 Å². The number of aromatic nitrogens is 2. The summed E-state index contributed by atoms with van der Waals surface area (Å²) in [6.07, 6.45) is 0. The number of benzene rings is 2. The lowest BCUT2D eigenvalue weighted by molar-refractivity contribution is -0.142. The van der Waals surface area contributed by atoms with Gasteiger partial charge in [-0.05, 0) is 45.0 Å². The third-order valence-corrected chi connectivity index (χ3v) is 4.67. The summed E-state index contributed by atoms with van der Waals surface area (Å²) in [6.45, 7) is 4.67. The first-order chi connectivity index (χ1) is 14.8. The molecule has 0 bridgehead atoms. The van der Waals surface area contributed by atoms with Gasteiger partial charge < -0.3 is 14.8 Å². The number of amides is 1. The van der Waals surface area contributed by atoms with Gasteiger partial charge in [-0.1, -0.05) is 29.8 Å². The third kappa shape index (κ3) is 5.16. The van der Waals surface area contributed by atoms with Gasteiger partial charge in [0.1, 0.15) is 5.75 Å². The largest absolute Gasteiger partial charge is 0.455 e. The minimum Gasteiger partial charge on any atom is -0.455 e. The maximum Gasteiger partial charge on any atom is 0.380 e. The number of carbonyl (C=O) groups excluding carboxylic acids is 3. The number of anilines is 1. The lowest BCUT2D eigenvalue weighted by atomic mass is 10.1. The van der Waals surface area contributed by atoms with E-state index in [0.29, 0.717) is 28.6 Å². The summed E-state index contributed by atoms with van der Waals surface area (Å²) in [5, 5.41) is 6.74. The molecule has 1 aromatic heterocycles. The van der Waals surface area contributed by atoms with Crippen molar-refractivity contribution < 1.29 is 23.9 Å². The lowest BCUT2D eigenvalue weighted by Crippen LogP contribution is -2.25. The molecule has 8 heteroatoms. The molecule has 0 saturated carbocycles. The zero-order valence-electron chi connectivity index (χ0n) is 17.8. The second-order valence-corrected chi connectivity index (χ2v) is 7.03. The van der Waals surface area contributed by atoms with Gasteiger partial charge in [-0.3, -0.25) is 14.3 Å². The van der Waals surface area contributed by atoms with Crippen LogP contribution in [0.3, 0.4) is 0 Å². The molecule has 0 radical (unpaired) electrons. The Bertz CT molecular complexity index is 1130. The molecule has 0 aliphatic carbocycles. The molecule has 8 nitrogen and oxygen atoms in total. The van der Waals surface area contributed by atoms with Crippen LogP contribution < -0.4 is 10.1 Å². The van der Waals surface area contributed by atoms with Crippen molar-refractivity contribution in [2.24, 2.45) is 7.05 Å². The predicted molar refractivity (Wildman–Crippen MR) is 114 cm³/mol. The Morgan fingerprint density at radius 3 is 2.32 bits per heavy atom. The number of hydrogen-bond donors (Lipinski definition) is 1. The molecular weight excluding hydrogens is 398 g/mol. The van der Waals surface area contributed by atoms with E-state index in [9.17, 15) is 14.4 Å². The molecule has 160 valence electrons. The zero-order chi connectivity index (χ0) is 22.5. The Kier molecular flexibility index (Phi) is 6.49. The molecule has 1 heterocycles. The van der Waals surface area contributed by atoms with Gasteiger partial charge in [-0.25, -0.2) is 4.79 Å². The highest BCUT2D eigenvalue weighted by Crippen LogP contribution is 2.29. The van der Waals surface area contributed by atoms with Gasteiger partial charge in [0.2, 0.25) is 0 Å². The molecule has 0 aliphatic heterocycles. The van der Waals surface area contributed by atoms with Crippen LogP contribution in [0.1, 0.15) is 27.3 Å². The Labute approximate surface area is 179 Å². The van der Waals surface area contributed by atoms with Crippen LogP contribution in [-0.4, -0.2) is 34.0 Å². The van der Waals surface area contributed by atoms with Crippen molar-refractivity contribution in [3.63, 3.8) is 0 Å². The van der Waals surface area contributed by atoms with Gasteiger partial charge in [0.05, 0.1) is 16.9 Å². The van der Waals surface area contributed by atoms with E-state index in [0.717, 1.165) is 5.56 Å². The summed E-state index contributed by atoms with van der Waals surface area (Å²) in [5.74, 6) is -1.49. The van der Waals surface area contributed by atoms with Crippen LogP contribution in [0.5, 0.6) is 11.5 Å². The number of para-hydroxylation sites is 2. The molecule has 3 aromatic rings.